The molecule has 1 unspecified atom stereocenters. The zero-order valence-corrected chi connectivity index (χ0v) is 17.1. The van der Waals surface area contributed by atoms with E-state index in [0.29, 0.717) is 18.4 Å². The number of phenols is 1. The quantitative estimate of drug-likeness (QED) is 0.506. The number of anilines is 1. The van der Waals surface area contributed by atoms with E-state index in [0.717, 1.165) is 11.1 Å². The number of aromatic hydroxyl groups is 1. The van der Waals surface area contributed by atoms with Crippen LogP contribution in [0.15, 0.2) is 42.5 Å². The molecule has 0 fully saturated rings. The van der Waals surface area contributed by atoms with Gasteiger partial charge in [-0.25, -0.2) is 0 Å². The van der Waals surface area contributed by atoms with Gasteiger partial charge in [0.1, 0.15) is 11.8 Å². The molecule has 1 aliphatic rings. The van der Waals surface area contributed by atoms with E-state index < -0.39 is 16.3 Å². The Kier molecular flexibility index (Phi) is 6.28. The van der Waals surface area contributed by atoms with Crippen LogP contribution in [0.3, 0.4) is 0 Å². The van der Waals surface area contributed by atoms with Crippen molar-refractivity contribution in [2.75, 3.05) is 11.8 Å². The Balaban J connectivity index is 1.81. The number of nitrogens with one attached hydrogen (secondary N) is 2. The summed E-state index contributed by atoms with van der Waals surface area (Å²) < 4.78 is 33.1. The second-order valence-corrected chi connectivity index (χ2v) is 8.24. The average Bonchev–Trinajstić information content (AvgIpc) is 2.69. The fourth-order valence-corrected chi connectivity index (χ4v) is 3.99. The molecule has 0 saturated carbocycles. The molecule has 9 nitrogen and oxygen atoms in total. The first-order valence-corrected chi connectivity index (χ1v) is 10.8. The summed E-state index contributed by atoms with van der Waals surface area (Å²) in [5.41, 5.74) is 2.48. The van der Waals surface area contributed by atoms with Gasteiger partial charge >= 0.3 is 10.3 Å². The van der Waals surface area contributed by atoms with Gasteiger partial charge in [0.15, 0.2) is 0 Å². The molecule has 4 N–H and O–H groups in total. The van der Waals surface area contributed by atoms with Crippen molar-refractivity contribution in [2.24, 2.45) is 0 Å². The van der Waals surface area contributed by atoms with Gasteiger partial charge < -0.3 is 15.3 Å². The van der Waals surface area contributed by atoms with E-state index >= 15 is 0 Å². The van der Waals surface area contributed by atoms with Crippen LogP contribution >= 0.6 is 0 Å². The summed E-state index contributed by atoms with van der Waals surface area (Å²) in [7, 11) is -2.91. The highest BCUT2D eigenvalue weighted by molar-refractivity contribution is 7.87. The number of carbonyl (C=O) groups excluding carboxylic acids is 2. The van der Waals surface area contributed by atoms with Crippen molar-refractivity contribution in [3.8, 4) is 5.75 Å². The van der Waals surface area contributed by atoms with Crippen molar-refractivity contribution in [1.29, 1.82) is 0 Å². The van der Waals surface area contributed by atoms with E-state index in [1.165, 1.54) is 18.0 Å². The second kappa shape index (κ2) is 8.72. The summed E-state index contributed by atoms with van der Waals surface area (Å²) in [5.74, 6) is -0.397. The SMILES string of the molecule is CNC(=O)C1Cc2ccc(NS(=O)(=O)O)cc2CN1C(=O)CCc1cccc(O)c1. The maximum atomic E-state index is 12.9. The third-order valence-electron chi connectivity index (χ3n) is 4.99. The summed E-state index contributed by atoms with van der Waals surface area (Å²) in [5, 5.41) is 12.2. The van der Waals surface area contributed by atoms with Crippen LogP contribution in [-0.2, 0) is 39.3 Å². The molecule has 3 rings (SSSR count). The molecule has 0 bridgehead atoms. The van der Waals surface area contributed by atoms with E-state index in [1.807, 2.05) is 10.8 Å². The van der Waals surface area contributed by atoms with Gasteiger partial charge in [0, 0.05) is 26.4 Å². The van der Waals surface area contributed by atoms with E-state index in [-0.39, 0.29) is 36.2 Å². The zero-order valence-electron chi connectivity index (χ0n) is 16.3. The lowest BCUT2D eigenvalue weighted by Crippen LogP contribution is -2.52. The van der Waals surface area contributed by atoms with Gasteiger partial charge in [0.05, 0.1) is 5.69 Å². The number of benzene rings is 2. The van der Waals surface area contributed by atoms with Gasteiger partial charge in [-0.1, -0.05) is 18.2 Å². The molecule has 1 aliphatic heterocycles. The summed E-state index contributed by atoms with van der Waals surface area (Å²) in [6.07, 6.45) is 0.843. The Morgan fingerprint density at radius 2 is 1.93 bits per heavy atom. The average molecular weight is 433 g/mol. The molecule has 2 aromatic rings. The van der Waals surface area contributed by atoms with Crippen LogP contribution in [0.25, 0.3) is 0 Å². The normalized spacial score (nSPS) is 15.9. The molecule has 30 heavy (non-hydrogen) atoms. The molecule has 1 atom stereocenters. The summed E-state index contributed by atoms with van der Waals surface area (Å²) in [6.45, 7) is 0.132. The van der Waals surface area contributed by atoms with E-state index in [4.69, 9.17) is 4.55 Å². The monoisotopic (exact) mass is 433 g/mol. The molecular weight excluding hydrogens is 410 g/mol. The van der Waals surface area contributed by atoms with Crippen LogP contribution in [0.1, 0.15) is 23.1 Å². The predicted molar refractivity (Wildman–Crippen MR) is 110 cm³/mol. The van der Waals surface area contributed by atoms with Crippen LogP contribution in [-0.4, -0.2) is 47.9 Å². The first-order chi connectivity index (χ1) is 14.2. The Hall–Kier alpha value is -3.11. The van der Waals surface area contributed by atoms with Gasteiger partial charge in [-0.05, 0) is 47.4 Å². The van der Waals surface area contributed by atoms with Crippen LogP contribution in [0.4, 0.5) is 5.69 Å². The van der Waals surface area contributed by atoms with Crippen molar-refractivity contribution >= 4 is 27.8 Å². The van der Waals surface area contributed by atoms with Crippen LogP contribution < -0.4 is 10.0 Å². The fraction of sp³-hybridized carbons (Fsp3) is 0.300. The van der Waals surface area contributed by atoms with Gasteiger partial charge in [-0.15, -0.1) is 0 Å². The van der Waals surface area contributed by atoms with Crippen molar-refractivity contribution in [1.82, 2.24) is 10.2 Å². The summed E-state index contributed by atoms with van der Waals surface area (Å²) >= 11 is 0. The first kappa shape index (κ1) is 21.6. The molecule has 0 aliphatic carbocycles. The van der Waals surface area contributed by atoms with Crippen molar-refractivity contribution < 1.29 is 27.7 Å². The Bertz CT molecular complexity index is 1070. The Morgan fingerprint density at radius 3 is 2.60 bits per heavy atom. The number of hydrogen-bond donors (Lipinski definition) is 4. The highest BCUT2D eigenvalue weighted by Gasteiger charge is 2.34. The predicted octanol–water partition coefficient (Wildman–Crippen LogP) is 1.24. The van der Waals surface area contributed by atoms with Crippen LogP contribution in [0.2, 0.25) is 0 Å². The Morgan fingerprint density at radius 1 is 1.17 bits per heavy atom. The highest BCUT2D eigenvalue weighted by Crippen LogP contribution is 2.27. The molecule has 1 heterocycles. The molecule has 0 radical (unpaired) electrons. The molecule has 10 heteroatoms. The number of nitrogens with zero attached hydrogens (tertiary/aromatic N) is 1. The Labute approximate surface area is 174 Å². The standard InChI is InChI=1S/C20H23N3O6S/c1-21-20(26)18-11-14-6-7-16(22-30(27,28)29)10-15(14)12-23(18)19(25)8-5-13-3-2-4-17(24)9-13/h2-4,6-7,9-10,18,22,24H,5,8,11-12H2,1H3,(H,21,26)(H,27,28,29). The van der Waals surface area contributed by atoms with Gasteiger partial charge in [0.2, 0.25) is 11.8 Å². The van der Waals surface area contributed by atoms with Crippen molar-refractivity contribution in [3.63, 3.8) is 0 Å². The lowest BCUT2D eigenvalue weighted by molar-refractivity contribution is -0.141. The third kappa shape index (κ3) is 5.28. The number of likely N-dealkylation sites (N-methyl/N-ethyl adjacent to an activating group) is 1. The first-order valence-electron chi connectivity index (χ1n) is 9.32. The van der Waals surface area contributed by atoms with Gasteiger partial charge in [0.25, 0.3) is 0 Å². The van der Waals surface area contributed by atoms with E-state index in [2.05, 4.69) is 5.32 Å². The van der Waals surface area contributed by atoms with Gasteiger partial charge in [-0.2, -0.15) is 8.42 Å². The molecule has 0 aromatic heterocycles. The van der Waals surface area contributed by atoms with E-state index in [9.17, 15) is 23.1 Å². The largest absolute Gasteiger partial charge is 0.508 e. The number of amides is 2. The molecule has 0 saturated heterocycles. The number of carbonyl (C=O) groups is 2. The maximum Gasteiger partial charge on any atom is 0.357 e. The van der Waals surface area contributed by atoms with Crippen molar-refractivity contribution in [3.05, 3.63) is 59.2 Å². The van der Waals surface area contributed by atoms with Crippen molar-refractivity contribution in [2.45, 2.75) is 31.8 Å². The minimum atomic E-state index is -4.42. The number of rotatable bonds is 6. The van der Waals surface area contributed by atoms with E-state index in [1.54, 1.807) is 30.3 Å². The molecule has 2 aromatic carbocycles. The van der Waals surface area contributed by atoms with Crippen LogP contribution in [0, 0.1) is 0 Å². The van der Waals surface area contributed by atoms with Gasteiger partial charge in [-0.3, -0.25) is 18.9 Å². The molecule has 2 amide bonds. The smallest absolute Gasteiger partial charge is 0.357 e. The van der Waals surface area contributed by atoms with Crippen LogP contribution in [0.5, 0.6) is 5.75 Å². The summed E-state index contributed by atoms with van der Waals surface area (Å²) in [4.78, 5) is 26.8. The minimum absolute atomic E-state index is 0.119. The number of phenolic OH excluding ortho intramolecular Hbond substituents is 1. The minimum Gasteiger partial charge on any atom is -0.508 e. The molecule has 0 spiro atoms. The lowest BCUT2D eigenvalue weighted by atomic mass is 9.92. The summed E-state index contributed by atoms with van der Waals surface area (Å²) in [6, 6.07) is 10.7. The fourth-order valence-electron chi connectivity index (χ4n) is 3.57. The molecule has 160 valence electrons. The highest BCUT2D eigenvalue weighted by atomic mass is 32.2. The topological polar surface area (TPSA) is 136 Å². The zero-order chi connectivity index (χ0) is 21.9. The second-order valence-electron chi connectivity index (χ2n) is 7.09. The lowest BCUT2D eigenvalue weighted by Gasteiger charge is -2.36. The number of fused-ring (bicyclic) bond motifs is 1. The molecular formula is C20H23N3O6S. The number of hydrogen-bond acceptors (Lipinski definition) is 5. The maximum absolute atomic E-state index is 12.9. The number of aryl methyl sites for hydroxylation is 1. The third-order valence-corrected chi connectivity index (χ3v) is 5.48.